The van der Waals surface area contributed by atoms with Crippen LogP contribution in [0.2, 0.25) is 5.02 Å². The van der Waals surface area contributed by atoms with Crippen molar-refractivity contribution in [2.45, 2.75) is 39.1 Å². The standard InChI is InChI=1S/C19H20ClF3N2O4/c1-3-4-9-28-12(2)24-16-11-14(6-7-17(16)25(26)27)29-18-8-5-13(10-15(18)20)19(21,22)23/h5-8,10-12,24H,3-4,9H2,1-2H3. The van der Waals surface area contributed by atoms with Crippen LogP contribution >= 0.6 is 11.6 Å². The lowest BCUT2D eigenvalue weighted by Gasteiger charge is -2.17. The second kappa shape index (κ2) is 9.80. The van der Waals surface area contributed by atoms with Crippen LogP contribution in [0.1, 0.15) is 32.3 Å². The van der Waals surface area contributed by atoms with Gasteiger partial charge in [-0.2, -0.15) is 13.2 Å². The number of hydrogen-bond donors (Lipinski definition) is 1. The van der Waals surface area contributed by atoms with E-state index in [1.807, 2.05) is 6.92 Å². The Bertz CT molecular complexity index is 862. The minimum atomic E-state index is -4.53. The first-order valence-electron chi connectivity index (χ1n) is 8.83. The normalized spacial score (nSPS) is 12.5. The molecule has 29 heavy (non-hydrogen) atoms. The molecule has 0 saturated carbocycles. The van der Waals surface area contributed by atoms with Crippen molar-refractivity contribution in [3.63, 3.8) is 0 Å². The summed E-state index contributed by atoms with van der Waals surface area (Å²) in [7, 11) is 0. The van der Waals surface area contributed by atoms with Crippen LogP contribution in [0.25, 0.3) is 0 Å². The van der Waals surface area contributed by atoms with Crippen molar-refractivity contribution in [1.29, 1.82) is 0 Å². The van der Waals surface area contributed by atoms with Gasteiger partial charge < -0.3 is 14.8 Å². The Balaban J connectivity index is 2.22. The highest BCUT2D eigenvalue weighted by Gasteiger charge is 2.31. The zero-order valence-corrected chi connectivity index (χ0v) is 16.5. The lowest BCUT2D eigenvalue weighted by molar-refractivity contribution is -0.384. The van der Waals surface area contributed by atoms with E-state index in [-0.39, 0.29) is 27.9 Å². The zero-order chi connectivity index (χ0) is 21.6. The van der Waals surface area contributed by atoms with E-state index >= 15 is 0 Å². The molecule has 2 aromatic carbocycles. The van der Waals surface area contributed by atoms with Gasteiger partial charge in [0.05, 0.1) is 15.5 Å². The summed E-state index contributed by atoms with van der Waals surface area (Å²) in [4.78, 5) is 10.7. The molecular formula is C19H20ClF3N2O4. The van der Waals surface area contributed by atoms with Crippen molar-refractivity contribution < 1.29 is 27.6 Å². The Morgan fingerprint density at radius 3 is 2.55 bits per heavy atom. The minimum absolute atomic E-state index is 0.00767. The summed E-state index contributed by atoms with van der Waals surface area (Å²) in [5.41, 5.74) is -0.944. The predicted molar refractivity (Wildman–Crippen MR) is 104 cm³/mol. The number of nitrogens with one attached hydrogen (secondary N) is 1. The Labute approximate surface area is 170 Å². The summed E-state index contributed by atoms with van der Waals surface area (Å²) in [6.07, 6.45) is -3.22. The molecular weight excluding hydrogens is 413 g/mol. The van der Waals surface area contributed by atoms with Crippen LogP contribution in [0.5, 0.6) is 11.5 Å². The molecule has 1 unspecified atom stereocenters. The highest BCUT2D eigenvalue weighted by atomic mass is 35.5. The van der Waals surface area contributed by atoms with Crippen LogP contribution in [-0.4, -0.2) is 17.8 Å². The maximum Gasteiger partial charge on any atom is 0.416 e. The third-order valence-corrected chi connectivity index (χ3v) is 4.17. The van der Waals surface area contributed by atoms with E-state index in [9.17, 15) is 23.3 Å². The van der Waals surface area contributed by atoms with Crippen LogP contribution in [-0.2, 0) is 10.9 Å². The fourth-order valence-corrected chi connectivity index (χ4v) is 2.62. The Morgan fingerprint density at radius 1 is 1.24 bits per heavy atom. The summed E-state index contributed by atoms with van der Waals surface area (Å²) < 4.78 is 49.3. The zero-order valence-electron chi connectivity index (χ0n) is 15.8. The van der Waals surface area contributed by atoms with Gasteiger partial charge >= 0.3 is 6.18 Å². The monoisotopic (exact) mass is 432 g/mol. The second-order valence-corrected chi connectivity index (χ2v) is 6.60. The number of rotatable bonds is 9. The Kier molecular flexibility index (Phi) is 7.69. The molecule has 0 heterocycles. The first-order chi connectivity index (χ1) is 13.6. The molecule has 0 fully saturated rings. The van der Waals surface area contributed by atoms with Gasteiger partial charge in [0.1, 0.15) is 23.4 Å². The molecule has 0 aliphatic heterocycles. The van der Waals surface area contributed by atoms with Crippen molar-refractivity contribution in [3.8, 4) is 11.5 Å². The van der Waals surface area contributed by atoms with E-state index in [1.165, 1.54) is 18.2 Å². The molecule has 0 aromatic heterocycles. The highest BCUT2D eigenvalue weighted by molar-refractivity contribution is 6.32. The average molecular weight is 433 g/mol. The van der Waals surface area contributed by atoms with Crippen LogP contribution in [0, 0.1) is 10.1 Å². The molecule has 2 rings (SSSR count). The summed E-state index contributed by atoms with van der Waals surface area (Å²) >= 11 is 5.89. The van der Waals surface area contributed by atoms with E-state index < -0.39 is 22.9 Å². The van der Waals surface area contributed by atoms with Gasteiger partial charge in [0.2, 0.25) is 0 Å². The van der Waals surface area contributed by atoms with Crippen molar-refractivity contribution in [2.75, 3.05) is 11.9 Å². The van der Waals surface area contributed by atoms with Crippen LogP contribution < -0.4 is 10.1 Å². The first kappa shape index (κ1) is 22.8. The van der Waals surface area contributed by atoms with Crippen LogP contribution in [0.15, 0.2) is 36.4 Å². The molecule has 0 spiro atoms. The summed E-state index contributed by atoms with van der Waals surface area (Å²) in [6, 6.07) is 6.62. The fraction of sp³-hybridized carbons (Fsp3) is 0.368. The number of halogens is 4. The quantitative estimate of drug-likeness (QED) is 0.208. The van der Waals surface area contributed by atoms with Crippen LogP contribution in [0.4, 0.5) is 24.5 Å². The van der Waals surface area contributed by atoms with Crippen molar-refractivity contribution in [3.05, 3.63) is 57.1 Å². The van der Waals surface area contributed by atoms with Gasteiger partial charge in [0.25, 0.3) is 5.69 Å². The van der Waals surface area contributed by atoms with Gasteiger partial charge in [-0.3, -0.25) is 10.1 Å². The van der Waals surface area contributed by atoms with E-state index in [0.29, 0.717) is 6.61 Å². The molecule has 0 aliphatic carbocycles. The van der Waals surface area contributed by atoms with Gasteiger partial charge in [-0.1, -0.05) is 24.9 Å². The molecule has 0 aliphatic rings. The van der Waals surface area contributed by atoms with E-state index in [4.69, 9.17) is 21.1 Å². The number of nitro groups is 1. The number of alkyl halides is 3. The maximum absolute atomic E-state index is 12.7. The van der Waals surface area contributed by atoms with E-state index in [0.717, 1.165) is 31.0 Å². The molecule has 158 valence electrons. The number of hydrogen-bond acceptors (Lipinski definition) is 5. The molecule has 6 nitrogen and oxygen atoms in total. The molecule has 0 bridgehead atoms. The van der Waals surface area contributed by atoms with Crippen molar-refractivity contribution >= 4 is 23.0 Å². The van der Waals surface area contributed by atoms with Gasteiger partial charge in [-0.25, -0.2) is 0 Å². The lowest BCUT2D eigenvalue weighted by Crippen LogP contribution is -2.20. The van der Waals surface area contributed by atoms with Gasteiger partial charge in [0.15, 0.2) is 0 Å². The van der Waals surface area contributed by atoms with Gasteiger partial charge in [-0.05, 0) is 37.6 Å². The number of benzene rings is 2. The summed E-state index contributed by atoms with van der Waals surface area (Å²) in [6.45, 7) is 4.22. The fourth-order valence-electron chi connectivity index (χ4n) is 2.41. The maximum atomic E-state index is 12.7. The van der Waals surface area contributed by atoms with E-state index in [1.54, 1.807) is 6.92 Å². The number of nitrogens with zero attached hydrogens (tertiary/aromatic N) is 1. The number of ether oxygens (including phenoxy) is 2. The molecule has 10 heteroatoms. The van der Waals surface area contributed by atoms with Crippen molar-refractivity contribution in [2.24, 2.45) is 0 Å². The summed E-state index contributed by atoms with van der Waals surface area (Å²) in [5.74, 6) is 0.159. The van der Waals surface area contributed by atoms with Crippen molar-refractivity contribution in [1.82, 2.24) is 0 Å². The Morgan fingerprint density at radius 2 is 1.97 bits per heavy atom. The molecule has 1 atom stereocenters. The van der Waals surface area contributed by atoms with Gasteiger partial charge in [-0.15, -0.1) is 0 Å². The smallest absolute Gasteiger partial charge is 0.416 e. The third kappa shape index (κ3) is 6.50. The minimum Gasteiger partial charge on any atom is -0.456 e. The predicted octanol–water partition coefficient (Wildman–Crippen LogP) is 6.63. The molecule has 0 saturated heterocycles. The largest absolute Gasteiger partial charge is 0.456 e. The summed E-state index contributed by atoms with van der Waals surface area (Å²) in [5, 5.41) is 13.9. The average Bonchev–Trinajstić information content (AvgIpc) is 2.62. The lowest BCUT2D eigenvalue weighted by atomic mass is 10.2. The number of nitro benzene ring substituents is 1. The second-order valence-electron chi connectivity index (χ2n) is 6.19. The Hall–Kier alpha value is -2.52. The molecule has 0 radical (unpaired) electrons. The molecule has 1 N–H and O–H groups in total. The molecule has 2 aromatic rings. The third-order valence-electron chi connectivity index (χ3n) is 3.88. The first-order valence-corrected chi connectivity index (χ1v) is 9.20. The van der Waals surface area contributed by atoms with Crippen LogP contribution in [0.3, 0.4) is 0 Å². The SMILES string of the molecule is CCCCOC(C)Nc1cc(Oc2ccc(C(F)(F)F)cc2Cl)ccc1[N+](=O)[O-]. The highest BCUT2D eigenvalue weighted by Crippen LogP contribution is 2.38. The molecule has 0 amide bonds. The topological polar surface area (TPSA) is 73.6 Å². The number of unbranched alkanes of at least 4 members (excludes halogenated alkanes) is 1. The van der Waals surface area contributed by atoms with E-state index in [2.05, 4.69) is 5.32 Å². The van der Waals surface area contributed by atoms with Gasteiger partial charge in [0, 0.05) is 18.7 Å². The number of anilines is 1.